The third kappa shape index (κ3) is 3.13. The third-order valence-electron chi connectivity index (χ3n) is 3.43. The van der Waals surface area contributed by atoms with Gasteiger partial charge in [0.25, 0.3) is 0 Å². The molecule has 0 saturated carbocycles. The van der Waals surface area contributed by atoms with Gasteiger partial charge in [0.1, 0.15) is 11.5 Å². The molecule has 0 heterocycles. The van der Waals surface area contributed by atoms with E-state index in [1.165, 1.54) is 5.56 Å². The Hall–Kier alpha value is -1.96. The zero-order chi connectivity index (χ0) is 14.9. The van der Waals surface area contributed by atoms with E-state index in [1.807, 2.05) is 31.2 Å². The highest BCUT2D eigenvalue weighted by molar-refractivity contribution is 5.56. The molecular weight excluding hydrogens is 246 g/mol. The molecule has 2 N–H and O–H groups in total. The normalized spacial score (nSPS) is 11.4. The molecule has 2 rings (SSSR count). The highest BCUT2D eigenvalue weighted by atomic mass is 16.5. The van der Waals surface area contributed by atoms with Crippen LogP contribution in [0.15, 0.2) is 36.4 Å². The molecule has 2 heteroatoms. The van der Waals surface area contributed by atoms with Gasteiger partial charge in [-0.3, -0.25) is 0 Å². The maximum Gasteiger partial charge on any atom is 0.150 e. The van der Waals surface area contributed by atoms with Crippen LogP contribution in [0.2, 0.25) is 0 Å². The van der Waals surface area contributed by atoms with E-state index >= 15 is 0 Å². The van der Waals surface area contributed by atoms with Crippen molar-refractivity contribution in [2.75, 3.05) is 5.73 Å². The molecule has 2 nitrogen and oxygen atoms in total. The van der Waals surface area contributed by atoms with Gasteiger partial charge in [-0.2, -0.15) is 0 Å². The first-order valence-electron chi connectivity index (χ1n) is 6.92. The first kappa shape index (κ1) is 14.4. The second-order valence-electron chi connectivity index (χ2n) is 6.37. The molecule has 0 amide bonds. The quantitative estimate of drug-likeness (QED) is 0.781. The molecule has 0 aliphatic rings. The van der Waals surface area contributed by atoms with Crippen LogP contribution in [0.4, 0.5) is 5.69 Å². The van der Waals surface area contributed by atoms with Gasteiger partial charge in [-0.25, -0.2) is 0 Å². The summed E-state index contributed by atoms with van der Waals surface area (Å²) in [6.45, 7) is 10.7. The Morgan fingerprint density at radius 1 is 0.900 bits per heavy atom. The van der Waals surface area contributed by atoms with E-state index in [0.29, 0.717) is 11.4 Å². The number of aryl methyl sites for hydroxylation is 2. The Morgan fingerprint density at radius 2 is 1.55 bits per heavy atom. The van der Waals surface area contributed by atoms with Crippen LogP contribution >= 0.6 is 0 Å². The molecule has 20 heavy (non-hydrogen) atoms. The summed E-state index contributed by atoms with van der Waals surface area (Å²) in [5, 5.41) is 0. The van der Waals surface area contributed by atoms with Crippen LogP contribution in [-0.4, -0.2) is 0 Å². The zero-order valence-electron chi connectivity index (χ0n) is 12.9. The van der Waals surface area contributed by atoms with E-state index in [0.717, 1.165) is 16.9 Å². The highest BCUT2D eigenvalue weighted by Gasteiger charge is 2.15. The van der Waals surface area contributed by atoms with Crippen molar-refractivity contribution in [3.63, 3.8) is 0 Å². The minimum Gasteiger partial charge on any atom is -0.455 e. The van der Waals surface area contributed by atoms with E-state index in [1.54, 1.807) is 0 Å². The molecule has 0 bridgehead atoms. The average molecular weight is 269 g/mol. The summed E-state index contributed by atoms with van der Waals surface area (Å²) >= 11 is 0. The molecule has 0 aliphatic carbocycles. The Labute approximate surface area is 121 Å². The molecular formula is C18H23NO. The standard InChI is InChI=1S/C18H23NO/c1-12-6-8-17(15(19)10-12)20-16-9-7-14(11-13(16)2)18(3,4)5/h6-11H,19H2,1-5H3. The largest absolute Gasteiger partial charge is 0.455 e. The lowest BCUT2D eigenvalue weighted by atomic mass is 9.86. The molecule has 0 atom stereocenters. The first-order valence-corrected chi connectivity index (χ1v) is 6.92. The van der Waals surface area contributed by atoms with Crippen molar-refractivity contribution in [2.45, 2.75) is 40.0 Å². The van der Waals surface area contributed by atoms with Crippen LogP contribution in [0.1, 0.15) is 37.5 Å². The topological polar surface area (TPSA) is 35.2 Å². The van der Waals surface area contributed by atoms with Crippen molar-refractivity contribution < 1.29 is 4.74 Å². The third-order valence-corrected chi connectivity index (χ3v) is 3.43. The summed E-state index contributed by atoms with van der Waals surface area (Å²) in [4.78, 5) is 0. The highest BCUT2D eigenvalue weighted by Crippen LogP contribution is 2.32. The maximum absolute atomic E-state index is 5.99. The zero-order valence-corrected chi connectivity index (χ0v) is 12.9. The number of benzene rings is 2. The molecule has 0 aliphatic heterocycles. The second kappa shape index (κ2) is 5.20. The number of nitrogen functional groups attached to an aromatic ring is 1. The lowest BCUT2D eigenvalue weighted by Gasteiger charge is -2.20. The summed E-state index contributed by atoms with van der Waals surface area (Å²) in [5.74, 6) is 1.57. The second-order valence-corrected chi connectivity index (χ2v) is 6.37. The van der Waals surface area contributed by atoms with E-state index in [-0.39, 0.29) is 5.41 Å². The van der Waals surface area contributed by atoms with Gasteiger partial charge >= 0.3 is 0 Å². The van der Waals surface area contributed by atoms with Gasteiger partial charge < -0.3 is 10.5 Å². The smallest absolute Gasteiger partial charge is 0.150 e. The molecule has 0 spiro atoms. The van der Waals surface area contributed by atoms with Crippen LogP contribution in [0.5, 0.6) is 11.5 Å². The minimum absolute atomic E-state index is 0.145. The van der Waals surface area contributed by atoms with E-state index in [9.17, 15) is 0 Å². The maximum atomic E-state index is 5.99. The summed E-state index contributed by atoms with van der Waals surface area (Å²) in [6, 6.07) is 12.2. The molecule has 0 radical (unpaired) electrons. The van der Waals surface area contributed by atoms with Crippen LogP contribution in [0, 0.1) is 13.8 Å². The summed E-state index contributed by atoms with van der Waals surface area (Å²) in [7, 11) is 0. The van der Waals surface area contributed by atoms with Gasteiger partial charge in [0.2, 0.25) is 0 Å². The minimum atomic E-state index is 0.145. The SMILES string of the molecule is Cc1ccc(Oc2ccc(C(C)(C)C)cc2C)c(N)c1. The Balaban J connectivity index is 2.30. The van der Waals surface area contributed by atoms with Crippen molar-refractivity contribution in [3.05, 3.63) is 53.1 Å². The molecule has 0 fully saturated rings. The number of nitrogens with two attached hydrogens (primary N) is 1. The summed E-state index contributed by atoms with van der Waals surface area (Å²) in [6.07, 6.45) is 0. The summed E-state index contributed by atoms with van der Waals surface area (Å²) < 4.78 is 5.94. The first-order chi connectivity index (χ1) is 9.27. The van der Waals surface area contributed by atoms with Crippen molar-refractivity contribution in [1.82, 2.24) is 0 Å². The van der Waals surface area contributed by atoms with Crippen molar-refractivity contribution in [1.29, 1.82) is 0 Å². The van der Waals surface area contributed by atoms with Crippen LogP contribution < -0.4 is 10.5 Å². The Morgan fingerprint density at radius 3 is 2.10 bits per heavy atom. The van der Waals surface area contributed by atoms with Crippen molar-refractivity contribution in [2.24, 2.45) is 0 Å². The van der Waals surface area contributed by atoms with Gasteiger partial charge in [0.05, 0.1) is 5.69 Å². The number of hydrogen-bond acceptors (Lipinski definition) is 2. The van der Waals surface area contributed by atoms with Crippen LogP contribution in [-0.2, 0) is 5.41 Å². The lowest BCUT2D eigenvalue weighted by molar-refractivity contribution is 0.479. The van der Waals surface area contributed by atoms with E-state index in [4.69, 9.17) is 10.5 Å². The van der Waals surface area contributed by atoms with Gasteiger partial charge in [-0.1, -0.05) is 39.0 Å². The lowest BCUT2D eigenvalue weighted by Crippen LogP contribution is -2.11. The fourth-order valence-electron chi connectivity index (χ4n) is 2.11. The van der Waals surface area contributed by atoms with Crippen molar-refractivity contribution >= 4 is 5.69 Å². The van der Waals surface area contributed by atoms with Gasteiger partial charge in [0, 0.05) is 0 Å². The fourth-order valence-corrected chi connectivity index (χ4v) is 2.11. The van der Waals surface area contributed by atoms with E-state index in [2.05, 4.69) is 39.8 Å². The molecule has 0 saturated heterocycles. The number of anilines is 1. The molecule has 2 aromatic carbocycles. The predicted molar refractivity (Wildman–Crippen MR) is 85.5 cm³/mol. The fraction of sp³-hybridized carbons (Fsp3) is 0.333. The molecule has 2 aromatic rings. The van der Waals surface area contributed by atoms with Crippen molar-refractivity contribution in [3.8, 4) is 11.5 Å². The molecule has 0 aromatic heterocycles. The number of rotatable bonds is 2. The molecule has 106 valence electrons. The predicted octanol–water partition coefficient (Wildman–Crippen LogP) is 4.98. The van der Waals surface area contributed by atoms with Gasteiger partial charge in [0.15, 0.2) is 0 Å². The van der Waals surface area contributed by atoms with Crippen LogP contribution in [0.3, 0.4) is 0 Å². The number of hydrogen-bond donors (Lipinski definition) is 1. The van der Waals surface area contributed by atoms with E-state index < -0.39 is 0 Å². The monoisotopic (exact) mass is 269 g/mol. The average Bonchev–Trinajstić information content (AvgIpc) is 2.33. The van der Waals surface area contributed by atoms with Crippen LogP contribution in [0.25, 0.3) is 0 Å². The van der Waals surface area contributed by atoms with Gasteiger partial charge in [-0.05, 0) is 54.2 Å². The van der Waals surface area contributed by atoms with Gasteiger partial charge in [-0.15, -0.1) is 0 Å². The number of ether oxygens (including phenoxy) is 1. The molecule has 0 unspecified atom stereocenters. The summed E-state index contributed by atoms with van der Waals surface area (Å²) in [5.41, 5.74) is 10.4. The Kier molecular flexibility index (Phi) is 3.76. The Bertz CT molecular complexity index is 624.